The lowest BCUT2D eigenvalue weighted by molar-refractivity contribution is -0.140. The van der Waals surface area contributed by atoms with Crippen LogP contribution in [0.15, 0.2) is 4.99 Å². The van der Waals surface area contributed by atoms with Gasteiger partial charge in [0.25, 0.3) is 0 Å². The lowest BCUT2D eigenvalue weighted by Gasteiger charge is -2.45. The molecule has 2 fully saturated rings. The fraction of sp³-hybridized carbons (Fsp3) is 0.810. The van der Waals surface area contributed by atoms with Crippen molar-refractivity contribution >= 4 is 23.9 Å². The number of hydrogen-bond acceptors (Lipinski definition) is 5. The molecule has 9 nitrogen and oxygen atoms in total. The third kappa shape index (κ3) is 5.71. The quantitative estimate of drug-likeness (QED) is 0.614. The first-order chi connectivity index (χ1) is 14.0. The molecule has 1 aliphatic heterocycles. The molecule has 1 heterocycles. The Bertz CT molecular complexity index is 695. The molecule has 0 aromatic rings. The number of aliphatic carboxylic acids is 1. The van der Waals surface area contributed by atoms with Crippen LogP contribution in [0, 0.1) is 11.8 Å². The van der Waals surface area contributed by atoms with Crippen LogP contribution in [0.5, 0.6) is 0 Å². The summed E-state index contributed by atoms with van der Waals surface area (Å²) in [5.74, 6) is -1.62. The first kappa shape index (κ1) is 24.1. The number of hydrogen-bond donors (Lipinski definition) is 2. The fourth-order valence-corrected chi connectivity index (χ4v) is 4.00. The predicted molar refractivity (Wildman–Crippen MR) is 111 cm³/mol. The van der Waals surface area contributed by atoms with E-state index < -0.39 is 35.2 Å². The van der Waals surface area contributed by atoms with Gasteiger partial charge in [0, 0.05) is 25.3 Å². The summed E-state index contributed by atoms with van der Waals surface area (Å²) in [6, 6.07) is -0.418. The topological polar surface area (TPSA) is 118 Å². The predicted octanol–water partition coefficient (Wildman–Crippen LogP) is 2.78. The van der Waals surface area contributed by atoms with Gasteiger partial charge in [-0.2, -0.15) is 0 Å². The molecule has 30 heavy (non-hydrogen) atoms. The van der Waals surface area contributed by atoms with Crippen molar-refractivity contribution in [2.75, 3.05) is 13.7 Å². The van der Waals surface area contributed by atoms with Gasteiger partial charge < -0.3 is 19.9 Å². The monoisotopic (exact) mass is 425 g/mol. The van der Waals surface area contributed by atoms with Gasteiger partial charge >= 0.3 is 12.1 Å². The number of aliphatic imine (C=N–C) groups is 1. The molecule has 3 atom stereocenters. The van der Waals surface area contributed by atoms with Crippen molar-refractivity contribution < 1.29 is 29.0 Å². The Morgan fingerprint density at radius 1 is 1.33 bits per heavy atom. The third-order valence-electron chi connectivity index (χ3n) is 5.91. The summed E-state index contributed by atoms with van der Waals surface area (Å²) >= 11 is 0. The molecule has 9 heteroatoms. The van der Waals surface area contributed by atoms with Crippen LogP contribution in [0.25, 0.3) is 0 Å². The minimum absolute atomic E-state index is 0.140. The minimum atomic E-state index is -0.873. The van der Waals surface area contributed by atoms with Gasteiger partial charge in [-0.1, -0.05) is 13.8 Å². The molecule has 2 rings (SSSR count). The molecule has 0 spiro atoms. The number of ether oxygens (including phenoxy) is 2. The van der Waals surface area contributed by atoms with Crippen molar-refractivity contribution in [2.24, 2.45) is 16.8 Å². The highest BCUT2D eigenvalue weighted by molar-refractivity contribution is 6.04. The maximum atomic E-state index is 13.3. The number of carboxylic acids is 1. The van der Waals surface area contributed by atoms with Crippen LogP contribution in [0.4, 0.5) is 4.79 Å². The van der Waals surface area contributed by atoms with Crippen LogP contribution in [-0.2, 0) is 19.1 Å². The molecule has 2 aliphatic rings. The number of methoxy groups -OCH3 is 1. The molecular formula is C21H35N3O6. The van der Waals surface area contributed by atoms with E-state index >= 15 is 0 Å². The summed E-state index contributed by atoms with van der Waals surface area (Å²) in [6.45, 7) is 9.56. The molecule has 0 aromatic carbocycles. The Kier molecular flexibility index (Phi) is 7.49. The maximum absolute atomic E-state index is 13.3. The number of rotatable bonds is 8. The standard InChI is InChI=1S/C21H35N3O6/c1-7-21(8-2)12-16(25)24(18(23-21)22-19(28)30-20(3,4)5)15(9-10-29-6)13-11-14(13)17(26)27/h13-15H,7-12H2,1-6H3,(H,26,27)(H,22,23,28)/t13?,14?,15-/m1/s1. The van der Waals surface area contributed by atoms with Gasteiger partial charge in [-0.05, 0) is 52.4 Å². The normalized spacial score (nSPS) is 25.6. The van der Waals surface area contributed by atoms with Gasteiger partial charge in [-0.25, -0.2) is 4.79 Å². The van der Waals surface area contributed by atoms with Crippen molar-refractivity contribution in [3.63, 3.8) is 0 Å². The second kappa shape index (κ2) is 9.32. The fourth-order valence-electron chi connectivity index (χ4n) is 4.00. The smallest absolute Gasteiger partial charge is 0.437 e. The van der Waals surface area contributed by atoms with E-state index in [1.165, 1.54) is 4.90 Å². The molecule has 0 radical (unpaired) electrons. The molecule has 1 saturated heterocycles. The van der Waals surface area contributed by atoms with E-state index in [-0.39, 0.29) is 24.2 Å². The Hall–Kier alpha value is -2.16. The highest BCUT2D eigenvalue weighted by Gasteiger charge is 2.53. The largest absolute Gasteiger partial charge is 0.481 e. The first-order valence-electron chi connectivity index (χ1n) is 10.6. The van der Waals surface area contributed by atoms with E-state index in [0.717, 1.165) is 0 Å². The Morgan fingerprint density at radius 3 is 2.43 bits per heavy atom. The lowest BCUT2D eigenvalue weighted by Crippen LogP contribution is -2.65. The van der Waals surface area contributed by atoms with Crippen LogP contribution in [0.2, 0.25) is 0 Å². The SMILES string of the molecule is CCC1(CC)CC(=O)N([C@H](CCOC)C2CC2C(=O)O)/C(=N/C(=O)OC(C)(C)C)N1. The summed E-state index contributed by atoms with van der Waals surface area (Å²) < 4.78 is 10.5. The van der Waals surface area contributed by atoms with Gasteiger partial charge in [0.05, 0.1) is 12.3 Å². The maximum Gasteiger partial charge on any atom is 0.437 e. The summed E-state index contributed by atoms with van der Waals surface area (Å²) in [4.78, 5) is 42.8. The molecule has 0 aromatic heterocycles. The number of guanidine groups is 1. The van der Waals surface area contributed by atoms with Crippen molar-refractivity contribution in [2.45, 2.75) is 83.9 Å². The van der Waals surface area contributed by atoms with Crippen LogP contribution in [-0.4, -0.2) is 64.8 Å². The van der Waals surface area contributed by atoms with E-state index in [0.29, 0.717) is 32.3 Å². The number of carboxylic acid groups (broad SMARTS) is 1. The molecule has 1 saturated carbocycles. The zero-order valence-electron chi connectivity index (χ0n) is 18.9. The molecule has 1 aliphatic carbocycles. The summed E-state index contributed by atoms with van der Waals surface area (Å²) in [6.07, 6.45) is 1.76. The summed E-state index contributed by atoms with van der Waals surface area (Å²) in [5, 5.41) is 12.7. The molecule has 0 bridgehead atoms. The third-order valence-corrected chi connectivity index (χ3v) is 5.91. The highest BCUT2D eigenvalue weighted by Crippen LogP contribution is 2.45. The second-order valence-corrected chi connectivity index (χ2v) is 9.16. The first-order valence-corrected chi connectivity index (χ1v) is 10.6. The lowest BCUT2D eigenvalue weighted by atomic mass is 9.86. The molecule has 170 valence electrons. The second-order valence-electron chi connectivity index (χ2n) is 9.16. The minimum Gasteiger partial charge on any atom is -0.481 e. The van der Waals surface area contributed by atoms with E-state index in [2.05, 4.69) is 10.3 Å². The number of nitrogens with zero attached hydrogens (tertiary/aromatic N) is 2. The summed E-state index contributed by atoms with van der Waals surface area (Å²) in [7, 11) is 1.56. The van der Waals surface area contributed by atoms with E-state index in [1.54, 1.807) is 27.9 Å². The van der Waals surface area contributed by atoms with E-state index in [9.17, 15) is 19.5 Å². The molecular weight excluding hydrogens is 390 g/mol. The number of carbonyl (C=O) groups excluding carboxylic acids is 2. The zero-order chi connectivity index (χ0) is 22.7. The van der Waals surface area contributed by atoms with Crippen LogP contribution < -0.4 is 5.32 Å². The van der Waals surface area contributed by atoms with Gasteiger partial charge in [-0.15, -0.1) is 4.99 Å². The molecule has 2 amide bonds. The average molecular weight is 426 g/mol. The summed E-state index contributed by atoms with van der Waals surface area (Å²) in [5.41, 5.74) is -1.23. The zero-order valence-corrected chi connectivity index (χ0v) is 18.9. The van der Waals surface area contributed by atoms with Crippen molar-refractivity contribution in [1.29, 1.82) is 0 Å². The van der Waals surface area contributed by atoms with E-state index in [1.807, 2.05) is 13.8 Å². The average Bonchev–Trinajstić information content (AvgIpc) is 3.42. The van der Waals surface area contributed by atoms with Crippen LogP contribution >= 0.6 is 0 Å². The number of amides is 2. The van der Waals surface area contributed by atoms with Crippen LogP contribution in [0.1, 0.15) is 66.7 Å². The van der Waals surface area contributed by atoms with Crippen LogP contribution in [0.3, 0.4) is 0 Å². The Labute approximate surface area is 178 Å². The number of carbonyl (C=O) groups is 3. The Morgan fingerprint density at radius 2 is 1.97 bits per heavy atom. The highest BCUT2D eigenvalue weighted by atomic mass is 16.6. The van der Waals surface area contributed by atoms with Crippen molar-refractivity contribution in [1.82, 2.24) is 10.2 Å². The van der Waals surface area contributed by atoms with Gasteiger partial charge in [0.15, 0.2) is 0 Å². The Balaban J connectivity index is 2.41. The van der Waals surface area contributed by atoms with Crippen molar-refractivity contribution in [3.05, 3.63) is 0 Å². The van der Waals surface area contributed by atoms with Gasteiger partial charge in [0.1, 0.15) is 5.60 Å². The number of nitrogens with one attached hydrogen (secondary N) is 1. The molecule has 2 unspecified atom stereocenters. The van der Waals surface area contributed by atoms with Crippen molar-refractivity contribution in [3.8, 4) is 0 Å². The van der Waals surface area contributed by atoms with Gasteiger partial charge in [0.2, 0.25) is 11.9 Å². The molecule has 2 N–H and O–H groups in total. The van der Waals surface area contributed by atoms with Gasteiger partial charge in [-0.3, -0.25) is 14.5 Å². The van der Waals surface area contributed by atoms with E-state index in [4.69, 9.17) is 9.47 Å².